The molecule has 1 N–H and O–H groups in total. The number of carboxylic acids is 1. The van der Waals surface area contributed by atoms with Crippen LogP contribution in [0.5, 0.6) is 0 Å². The van der Waals surface area contributed by atoms with E-state index in [1.165, 1.54) is 0 Å². The van der Waals surface area contributed by atoms with Gasteiger partial charge in [0.1, 0.15) is 0 Å². The monoisotopic (exact) mass is 292 g/mol. The Balaban J connectivity index is 2.10. The number of anilines is 1. The summed E-state index contributed by atoms with van der Waals surface area (Å²) in [5, 5.41) is 8.83. The van der Waals surface area contributed by atoms with Gasteiger partial charge in [-0.3, -0.25) is 9.69 Å². The molecule has 21 heavy (non-hydrogen) atoms. The van der Waals surface area contributed by atoms with Crippen molar-refractivity contribution in [2.45, 2.75) is 33.1 Å². The minimum absolute atomic E-state index is 0.00637. The molecule has 0 aromatic carbocycles. The molecule has 1 saturated heterocycles. The van der Waals surface area contributed by atoms with Gasteiger partial charge in [0, 0.05) is 37.3 Å². The van der Waals surface area contributed by atoms with Crippen LogP contribution in [-0.4, -0.2) is 58.7 Å². The molecule has 1 aromatic heterocycles. The molecule has 116 valence electrons. The van der Waals surface area contributed by atoms with Crippen LogP contribution in [0.2, 0.25) is 0 Å². The third kappa shape index (κ3) is 4.14. The lowest BCUT2D eigenvalue weighted by atomic mass is 9.91. The summed E-state index contributed by atoms with van der Waals surface area (Å²) in [6, 6.07) is 2.03. The average Bonchev–Trinajstić information content (AvgIpc) is 2.37. The fourth-order valence-electron chi connectivity index (χ4n) is 2.38. The standard InChI is InChI=1S/C15H24N4O2/c1-11-9-12(15(2,3)4)17-14(16-11)19-7-5-18(6-8-19)10-13(20)21/h9H,5-8,10H2,1-4H3,(H,20,21). The van der Waals surface area contributed by atoms with Crippen LogP contribution in [0.1, 0.15) is 32.2 Å². The van der Waals surface area contributed by atoms with Crippen LogP contribution < -0.4 is 4.90 Å². The number of aromatic nitrogens is 2. The van der Waals surface area contributed by atoms with Gasteiger partial charge in [0.05, 0.1) is 12.2 Å². The van der Waals surface area contributed by atoms with Crippen molar-refractivity contribution in [3.05, 3.63) is 17.5 Å². The molecule has 0 atom stereocenters. The highest BCUT2D eigenvalue weighted by Gasteiger charge is 2.23. The predicted molar refractivity (Wildman–Crippen MR) is 81.8 cm³/mol. The van der Waals surface area contributed by atoms with E-state index < -0.39 is 5.97 Å². The van der Waals surface area contributed by atoms with Crippen molar-refractivity contribution in [2.24, 2.45) is 0 Å². The van der Waals surface area contributed by atoms with Crippen LogP contribution in [0, 0.1) is 6.92 Å². The molecule has 2 heterocycles. The zero-order valence-corrected chi connectivity index (χ0v) is 13.3. The Morgan fingerprint density at radius 3 is 2.38 bits per heavy atom. The lowest BCUT2D eigenvalue weighted by molar-refractivity contribution is -0.138. The highest BCUT2D eigenvalue weighted by atomic mass is 16.4. The quantitative estimate of drug-likeness (QED) is 0.905. The Morgan fingerprint density at radius 2 is 1.86 bits per heavy atom. The molecule has 1 aliphatic heterocycles. The number of hydrogen-bond acceptors (Lipinski definition) is 5. The van der Waals surface area contributed by atoms with Crippen LogP contribution in [0.3, 0.4) is 0 Å². The normalized spacial score (nSPS) is 17.0. The fourth-order valence-corrected chi connectivity index (χ4v) is 2.38. The second kappa shape index (κ2) is 5.97. The van der Waals surface area contributed by atoms with Crippen LogP contribution in [0.15, 0.2) is 6.07 Å². The van der Waals surface area contributed by atoms with E-state index in [-0.39, 0.29) is 12.0 Å². The van der Waals surface area contributed by atoms with Gasteiger partial charge in [0.2, 0.25) is 5.95 Å². The largest absolute Gasteiger partial charge is 0.480 e. The Morgan fingerprint density at radius 1 is 1.24 bits per heavy atom. The molecule has 6 nitrogen and oxygen atoms in total. The molecule has 0 unspecified atom stereocenters. The summed E-state index contributed by atoms with van der Waals surface area (Å²) in [5.74, 6) is -0.0137. The Labute approximate surface area is 125 Å². The van der Waals surface area contributed by atoms with Gasteiger partial charge in [-0.15, -0.1) is 0 Å². The number of rotatable bonds is 3. The van der Waals surface area contributed by atoms with Crippen molar-refractivity contribution in [3.63, 3.8) is 0 Å². The maximum absolute atomic E-state index is 10.7. The number of hydrogen-bond donors (Lipinski definition) is 1. The molecule has 1 aliphatic rings. The van der Waals surface area contributed by atoms with Crippen molar-refractivity contribution in [2.75, 3.05) is 37.6 Å². The molecule has 0 spiro atoms. The van der Waals surface area contributed by atoms with E-state index in [1.807, 2.05) is 17.9 Å². The molecule has 6 heteroatoms. The van der Waals surface area contributed by atoms with Gasteiger partial charge >= 0.3 is 5.97 Å². The van der Waals surface area contributed by atoms with Gasteiger partial charge in [-0.1, -0.05) is 20.8 Å². The molecular formula is C15H24N4O2. The van der Waals surface area contributed by atoms with Crippen LogP contribution in [0.25, 0.3) is 0 Å². The summed E-state index contributed by atoms with van der Waals surface area (Å²) in [6.07, 6.45) is 0. The first-order valence-corrected chi connectivity index (χ1v) is 7.31. The van der Waals surface area contributed by atoms with Crippen molar-refractivity contribution in [3.8, 4) is 0 Å². The van der Waals surface area contributed by atoms with Crippen molar-refractivity contribution >= 4 is 11.9 Å². The molecular weight excluding hydrogens is 268 g/mol. The zero-order chi connectivity index (χ0) is 15.6. The van der Waals surface area contributed by atoms with E-state index in [1.54, 1.807) is 0 Å². The summed E-state index contributed by atoms with van der Waals surface area (Å²) >= 11 is 0. The second-order valence-corrected chi connectivity index (χ2v) is 6.60. The maximum Gasteiger partial charge on any atom is 0.317 e. The minimum atomic E-state index is -0.773. The highest BCUT2D eigenvalue weighted by molar-refractivity contribution is 5.69. The van der Waals surface area contributed by atoms with E-state index in [9.17, 15) is 4.79 Å². The summed E-state index contributed by atoms with van der Waals surface area (Å²) in [5.41, 5.74) is 2.00. The third-order valence-corrected chi connectivity index (χ3v) is 3.62. The molecule has 2 rings (SSSR count). The molecule has 0 saturated carbocycles. The number of carboxylic acid groups (broad SMARTS) is 1. The van der Waals surface area contributed by atoms with Crippen LogP contribution in [-0.2, 0) is 10.2 Å². The molecule has 0 aliphatic carbocycles. The molecule has 1 fully saturated rings. The summed E-state index contributed by atoms with van der Waals surface area (Å²) < 4.78 is 0. The first-order chi connectivity index (χ1) is 9.75. The van der Waals surface area contributed by atoms with Crippen molar-refractivity contribution in [1.82, 2.24) is 14.9 Å². The topological polar surface area (TPSA) is 69.6 Å². The minimum Gasteiger partial charge on any atom is -0.480 e. The molecule has 0 amide bonds. The Bertz CT molecular complexity index is 517. The number of aliphatic carboxylic acids is 1. The van der Waals surface area contributed by atoms with Gasteiger partial charge in [-0.2, -0.15) is 0 Å². The van der Waals surface area contributed by atoms with E-state index in [0.717, 1.165) is 43.5 Å². The van der Waals surface area contributed by atoms with E-state index in [0.29, 0.717) is 0 Å². The van der Waals surface area contributed by atoms with Crippen molar-refractivity contribution < 1.29 is 9.90 Å². The first-order valence-electron chi connectivity index (χ1n) is 7.31. The van der Waals surface area contributed by atoms with E-state index >= 15 is 0 Å². The lowest BCUT2D eigenvalue weighted by Gasteiger charge is -2.34. The summed E-state index contributed by atoms with van der Waals surface area (Å²) in [7, 11) is 0. The van der Waals surface area contributed by atoms with Crippen LogP contribution in [0.4, 0.5) is 5.95 Å². The van der Waals surface area contributed by atoms with E-state index in [4.69, 9.17) is 10.1 Å². The van der Waals surface area contributed by atoms with E-state index in [2.05, 4.69) is 30.7 Å². The summed E-state index contributed by atoms with van der Waals surface area (Å²) in [4.78, 5) is 24.1. The Hall–Kier alpha value is -1.69. The zero-order valence-electron chi connectivity index (χ0n) is 13.3. The SMILES string of the molecule is Cc1cc(C(C)(C)C)nc(N2CCN(CC(=O)O)CC2)n1. The predicted octanol–water partition coefficient (Wildman–Crippen LogP) is 1.29. The number of piperazine rings is 1. The van der Waals surface area contributed by atoms with Gasteiger partial charge in [-0.25, -0.2) is 9.97 Å². The van der Waals surface area contributed by atoms with Crippen molar-refractivity contribution in [1.29, 1.82) is 0 Å². The van der Waals surface area contributed by atoms with Gasteiger partial charge in [0.15, 0.2) is 0 Å². The van der Waals surface area contributed by atoms with Gasteiger partial charge < -0.3 is 10.0 Å². The smallest absolute Gasteiger partial charge is 0.317 e. The maximum atomic E-state index is 10.7. The first kappa shape index (κ1) is 15.7. The second-order valence-electron chi connectivity index (χ2n) is 6.60. The average molecular weight is 292 g/mol. The molecule has 1 aromatic rings. The van der Waals surface area contributed by atoms with Gasteiger partial charge in [-0.05, 0) is 13.0 Å². The highest BCUT2D eigenvalue weighted by Crippen LogP contribution is 2.23. The number of nitrogens with zero attached hydrogens (tertiary/aromatic N) is 4. The fraction of sp³-hybridized carbons (Fsp3) is 0.667. The molecule has 0 bridgehead atoms. The Kier molecular flexibility index (Phi) is 4.46. The lowest BCUT2D eigenvalue weighted by Crippen LogP contribution is -2.48. The number of carbonyl (C=O) groups is 1. The van der Waals surface area contributed by atoms with Crippen LogP contribution >= 0.6 is 0 Å². The summed E-state index contributed by atoms with van der Waals surface area (Å²) in [6.45, 7) is 11.5. The third-order valence-electron chi connectivity index (χ3n) is 3.62. The number of aryl methyl sites for hydroxylation is 1. The molecule has 0 radical (unpaired) electrons. The van der Waals surface area contributed by atoms with Gasteiger partial charge in [0.25, 0.3) is 0 Å².